The first-order chi connectivity index (χ1) is 16.5. The Morgan fingerprint density at radius 3 is 2.38 bits per heavy atom. The smallest absolute Gasteiger partial charge is 0.267 e. The number of aldehydes is 1. The number of hydrogen-bond donors (Lipinski definition) is 2. The molecule has 10 heteroatoms. The highest BCUT2D eigenvalue weighted by Gasteiger charge is 2.18. The molecule has 34 heavy (non-hydrogen) atoms. The molecule has 0 aliphatic carbocycles. The minimum absolute atomic E-state index is 0.0233. The van der Waals surface area contributed by atoms with Crippen LogP contribution in [0.2, 0.25) is 0 Å². The first-order valence-corrected chi connectivity index (χ1v) is 10.7. The Bertz CT molecular complexity index is 1140. The molecular weight excluding hydrogens is 441 g/mol. The number of carbonyl (C=O) groups is 2. The van der Waals surface area contributed by atoms with Gasteiger partial charge >= 0.3 is 0 Å². The number of aromatic nitrogens is 2. The summed E-state index contributed by atoms with van der Waals surface area (Å²) in [5, 5.41) is 3.07. The highest BCUT2D eigenvalue weighted by atomic mass is 19.1. The number of halogens is 1. The molecule has 4 rings (SSSR count). The van der Waals surface area contributed by atoms with Crippen molar-refractivity contribution in [3.63, 3.8) is 0 Å². The van der Waals surface area contributed by atoms with Gasteiger partial charge in [-0.1, -0.05) is 0 Å². The molecule has 9 nitrogen and oxygen atoms in total. The number of nitrogens with one attached hydrogen (secondary N) is 1. The Morgan fingerprint density at radius 2 is 1.76 bits per heavy atom. The maximum Gasteiger partial charge on any atom is 0.267 e. The van der Waals surface area contributed by atoms with Crippen LogP contribution < -0.4 is 15.8 Å². The number of hydrogen-bond acceptors (Lipinski definition) is 8. The van der Waals surface area contributed by atoms with Gasteiger partial charge in [-0.2, -0.15) is 0 Å². The van der Waals surface area contributed by atoms with Crippen molar-refractivity contribution in [2.45, 2.75) is 6.04 Å². The van der Waals surface area contributed by atoms with Crippen LogP contribution in [0.1, 0.15) is 10.5 Å². The number of benzene rings is 2. The molecule has 1 aliphatic heterocycles. The Kier molecular flexibility index (Phi) is 7.41. The first-order valence-electron chi connectivity index (χ1n) is 10.7. The number of carbonyl (C=O) groups excluding carboxylic acids is 2. The molecule has 1 saturated heterocycles. The van der Waals surface area contributed by atoms with Crippen molar-refractivity contribution in [2.75, 3.05) is 38.2 Å². The van der Waals surface area contributed by atoms with Gasteiger partial charge in [0.25, 0.3) is 5.91 Å². The maximum absolute atomic E-state index is 13.1. The highest BCUT2D eigenvalue weighted by molar-refractivity contribution is 5.92. The van der Waals surface area contributed by atoms with E-state index in [0.717, 1.165) is 19.4 Å². The van der Waals surface area contributed by atoms with E-state index in [0.29, 0.717) is 42.6 Å². The molecule has 0 saturated carbocycles. The van der Waals surface area contributed by atoms with E-state index in [-0.39, 0.29) is 17.3 Å². The van der Waals surface area contributed by atoms with E-state index >= 15 is 0 Å². The Balaban J connectivity index is 1.52. The number of nitrogens with two attached hydrogens (primary N) is 1. The van der Waals surface area contributed by atoms with Gasteiger partial charge < -0.3 is 25.3 Å². The Morgan fingerprint density at radius 1 is 1.12 bits per heavy atom. The molecule has 3 aromatic rings. The van der Waals surface area contributed by atoms with Crippen molar-refractivity contribution in [2.24, 2.45) is 5.73 Å². The summed E-state index contributed by atoms with van der Waals surface area (Å²) in [5.41, 5.74) is 6.11. The quantitative estimate of drug-likeness (QED) is 0.463. The number of anilines is 1. The minimum atomic E-state index is -0.709. The highest BCUT2D eigenvalue weighted by Crippen LogP contribution is 2.25. The molecule has 2 heterocycles. The van der Waals surface area contributed by atoms with E-state index < -0.39 is 11.9 Å². The summed E-state index contributed by atoms with van der Waals surface area (Å²) in [4.78, 5) is 34.4. The summed E-state index contributed by atoms with van der Waals surface area (Å²) in [5.74, 6) is 0.553. The lowest BCUT2D eigenvalue weighted by atomic mass is 10.2. The zero-order valence-corrected chi connectivity index (χ0v) is 18.3. The topological polar surface area (TPSA) is 120 Å². The van der Waals surface area contributed by atoms with Crippen LogP contribution in [0.5, 0.6) is 11.5 Å². The van der Waals surface area contributed by atoms with E-state index in [4.69, 9.17) is 15.2 Å². The predicted octanol–water partition coefficient (Wildman–Crippen LogP) is 2.49. The third kappa shape index (κ3) is 6.12. The summed E-state index contributed by atoms with van der Waals surface area (Å²) in [6.07, 6.45) is 0.808. The fourth-order valence-corrected chi connectivity index (χ4v) is 3.46. The summed E-state index contributed by atoms with van der Waals surface area (Å²) in [6, 6.07) is 13.4. The zero-order chi connectivity index (χ0) is 23.9. The first kappa shape index (κ1) is 23.3. The van der Waals surface area contributed by atoms with Crippen LogP contribution >= 0.6 is 0 Å². The largest absolute Gasteiger partial charge is 0.457 e. The molecule has 1 unspecified atom stereocenters. The van der Waals surface area contributed by atoms with Crippen LogP contribution in [-0.4, -0.2) is 66.0 Å². The molecule has 1 amide bonds. The SMILES string of the molecule is NC(=O)c1cc(NC(C=O)CN2CCOCC2)nc(-c2ccc(Oc3ccc(F)cc3)cc2)n1. The molecular formula is C24H24FN5O4. The molecule has 1 atom stereocenters. The summed E-state index contributed by atoms with van der Waals surface area (Å²) in [7, 11) is 0. The van der Waals surface area contributed by atoms with Crippen molar-refractivity contribution in [3.05, 3.63) is 66.1 Å². The molecule has 2 aromatic carbocycles. The van der Waals surface area contributed by atoms with Crippen LogP contribution in [0.25, 0.3) is 11.4 Å². The van der Waals surface area contributed by atoms with Crippen molar-refractivity contribution in [1.82, 2.24) is 14.9 Å². The lowest BCUT2D eigenvalue weighted by Crippen LogP contribution is -2.43. The molecule has 1 aliphatic rings. The number of rotatable bonds is 9. The van der Waals surface area contributed by atoms with Gasteiger partial charge in [0.2, 0.25) is 0 Å². The molecule has 0 spiro atoms. The Labute approximate surface area is 195 Å². The van der Waals surface area contributed by atoms with Crippen LogP contribution in [0, 0.1) is 5.82 Å². The van der Waals surface area contributed by atoms with Crippen molar-refractivity contribution < 1.29 is 23.5 Å². The second-order valence-electron chi connectivity index (χ2n) is 7.71. The molecule has 1 aromatic heterocycles. The van der Waals surface area contributed by atoms with Crippen molar-refractivity contribution in [3.8, 4) is 22.9 Å². The molecule has 176 valence electrons. The summed E-state index contributed by atoms with van der Waals surface area (Å²) >= 11 is 0. The maximum atomic E-state index is 13.1. The van der Waals surface area contributed by atoms with E-state index in [9.17, 15) is 14.0 Å². The zero-order valence-electron chi connectivity index (χ0n) is 18.3. The van der Waals surface area contributed by atoms with E-state index in [2.05, 4.69) is 20.2 Å². The van der Waals surface area contributed by atoms with Gasteiger partial charge in [-0.05, 0) is 48.5 Å². The van der Waals surface area contributed by atoms with Gasteiger partial charge in [-0.25, -0.2) is 14.4 Å². The second-order valence-corrected chi connectivity index (χ2v) is 7.71. The fraction of sp³-hybridized carbons (Fsp3) is 0.250. The van der Waals surface area contributed by atoms with Gasteiger partial charge in [0, 0.05) is 31.3 Å². The average molecular weight is 465 g/mol. The van der Waals surface area contributed by atoms with Gasteiger partial charge in [0.15, 0.2) is 5.82 Å². The average Bonchev–Trinajstić information content (AvgIpc) is 2.86. The third-order valence-corrected chi connectivity index (χ3v) is 5.20. The van der Waals surface area contributed by atoms with Crippen LogP contribution in [0.3, 0.4) is 0 Å². The summed E-state index contributed by atoms with van der Waals surface area (Å²) < 4.78 is 24.1. The van der Waals surface area contributed by atoms with Crippen molar-refractivity contribution in [1.29, 1.82) is 0 Å². The number of amides is 1. The van der Waals surface area contributed by atoms with E-state index in [1.54, 1.807) is 24.3 Å². The van der Waals surface area contributed by atoms with Gasteiger partial charge in [-0.3, -0.25) is 9.69 Å². The van der Waals surface area contributed by atoms with Crippen LogP contribution in [-0.2, 0) is 9.53 Å². The van der Waals surface area contributed by atoms with Crippen molar-refractivity contribution >= 4 is 18.0 Å². The van der Waals surface area contributed by atoms with Gasteiger partial charge in [-0.15, -0.1) is 0 Å². The Hall–Kier alpha value is -3.89. The minimum Gasteiger partial charge on any atom is -0.457 e. The number of morpholine rings is 1. The van der Waals surface area contributed by atoms with E-state index in [1.165, 1.54) is 30.3 Å². The van der Waals surface area contributed by atoms with Gasteiger partial charge in [0.05, 0.1) is 19.3 Å². The second kappa shape index (κ2) is 10.8. The van der Waals surface area contributed by atoms with Gasteiger partial charge in [0.1, 0.15) is 35.1 Å². The molecule has 0 radical (unpaired) electrons. The number of ether oxygens (including phenoxy) is 2. The predicted molar refractivity (Wildman–Crippen MR) is 123 cm³/mol. The number of primary amides is 1. The third-order valence-electron chi connectivity index (χ3n) is 5.20. The fourth-order valence-electron chi connectivity index (χ4n) is 3.46. The lowest BCUT2D eigenvalue weighted by molar-refractivity contribution is -0.109. The van der Waals surface area contributed by atoms with Crippen LogP contribution in [0.15, 0.2) is 54.6 Å². The summed E-state index contributed by atoms with van der Waals surface area (Å²) in [6.45, 7) is 3.19. The molecule has 1 fully saturated rings. The lowest BCUT2D eigenvalue weighted by Gasteiger charge is -2.29. The normalized spacial score (nSPS) is 14.9. The standard InChI is InChI=1S/C24H24FN5O4/c25-17-3-7-20(8-4-17)34-19-5-1-16(2-6-19)24-28-21(23(26)32)13-22(29-24)27-18(15-31)14-30-9-11-33-12-10-30/h1-8,13,15,18H,9-12,14H2,(H2,26,32)(H,27,28,29). The molecule has 0 bridgehead atoms. The number of nitrogens with zero attached hydrogens (tertiary/aromatic N) is 3. The molecule has 3 N–H and O–H groups in total. The van der Waals surface area contributed by atoms with Crippen LogP contribution in [0.4, 0.5) is 10.2 Å². The monoisotopic (exact) mass is 465 g/mol. The van der Waals surface area contributed by atoms with E-state index in [1.807, 2.05) is 0 Å².